The van der Waals surface area contributed by atoms with Crippen LogP contribution in [0.4, 0.5) is 5.69 Å². The monoisotopic (exact) mass is 481 g/mol. The third-order valence-corrected chi connectivity index (χ3v) is 4.95. The first-order valence-corrected chi connectivity index (χ1v) is 10.5. The van der Waals surface area contributed by atoms with Crippen LogP contribution in [0.3, 0.4) is 0 Å². The van der Waals surface area contributed by atoms with Crippen LogP contribution < -0.4 is 20.2 Å². The van der Waals surface area contributed by atoms with Crippen LogP contribution in [0.2, 0.25) is 0 Å². The minimum Gasteiger partial charge on any atom is -0.495 e. The van der Waals surface area contributed by atoms with Gasteiger partial charge in [0.25, 0.3) is 5.91 Å². The Labute approximate surface area is 190 Å². The number of hydrazone groups is 1. The number of carbonyl (C=O) groups is 1. The smallest absolute Gasteiger partial charge is 0.262 e. The summed E-state index contributed by atoms with van der Waals surface area (Å²) in [5.41, 5.74) is 5.12. The molecule has 0 spiro atoms. The molecule has 0 saturated carbocycles. The Morgan fingerprint density at radius 3 is 2.58 bits per heavy atom. The number of amides is 1. The summed E-state index contributed by atoms with van der Waals surface area (Å²) in [6.07, 6.45) is 1.57. The third kappa shape index (κ3) is 6.58. The van der Waals surface area contributed by atoms with Gasteiger partial charge in [-0.3, -0.25) is 4.79 Å². The van der Waals surface area contributed by atoms with Crippen LogP contribution in [0.1, 0.15) is 18.1 Å². The molecule has 3 aromatic carbocycles. The van der Waals surface area contributed by atoms with E-state index in [1.165, 1.54) is 0 Å². The number of nitrogens with one attached hydrogen (secondary N) is 2. The molecule has 0 aromatic heterocycles. The maximum absolute atomic E-state index is 12.4. The number of carbonyl (C=O) groups excluding carboxylic acids is 1. The fourth-order valence-corrected chi connectivity index (χ4v) is 3.28. The molecule has 2 N–H and O–H groups in total. The van der Waals surface area contributed by atoms with Crippen molar-refractivity contribution in [1.82, 2.24) is 5.43 Å². The van der Waals surface area contributed by atoms with Crippen molar-refractivity contribution in [3.63, 3.8) is 0 Å². The van der Waals surface area contributed by atoms with Crippen molar-refractivity contribution >= 4 is 33.7 Å². The molecule has 7 heteroatoms. The Balaban J connectivity index is 1.58. The third-order valence-electron chi connectivity index (χ3n) is 4.45. The Morgan fingerprint density at radius 1 is 1.06 bits per heavy atom. The molecule has 0 aliphatic heterocycles. The van der Waals surface area contributed by atoms with Gasteiger partial charge in [-0.2, -0.15) is 5.10 Å². The van der Waals surface area contributed by atoms with E-state index in [0.29, 0.717) is 18.1 Å². The Kier molecular flexibility index (Phi) is 8.06. The topological polar surface area (TPSA) is 72.0 Å². The molecule has 0 unspecified atom stereocenters. The van der Waals surface area contributed by atoms with E-state index in [2.05, 4.69) is 31.8 Å². The molecule has 0 saturated heterocycles. The first-order chi connectivity index (χ1) is 15.1. The molecule has 1 atom stereocenters. The van der Waals surface area contributed by atoms with E-state index in [9.17, 15) is 4.79 Å². The van der Waals surface area contributed by atoms with Gasteiger partial charge in [-0.05, 0) is 48.9 Å². The zero-order chi connectivity index (χ0) is 22.1. The summed E-state index contributed by atoms with van der Waals surface area (Å²) in [7, 11) is 1.59. The number of halogens is 1. The summed E-state index contributed by atoms with van der Waals surface area (Å²) in [5.74, 6) is 1.08. The second-order valence-corrected chi connectivity index (χ2v) is 7.67. The highest BCUT2D eigenvalue weighted by Crippen LogP contribution is 2.23. The van der Waals surface area contributed by atoms with Crippen molar-refractivity contribution in [2.24, 2.45) is 5.10 Å². The first kappa shape index (κ1) is 22.4. The van der Waals surface area contributed by atoms with Crippen molar-refractivity contribution in [2.45, 2.75) is 19.6 Å². The van der Waals surface area contributed by atoms with Gasteiger partial charge in [0.2, 0.25) is 0 Å². The van der Waals surface area contributed by atoms with E-state index in [-0.39, 0.29) is 5.91 Å². The molecule has 3 aromatic rings. The van der Waals surface area contributed by atoms with E-state index in [1.807, 2.05) is 72.8 Å². The van der Waals surface area contributed by atoms with Crippen molar-refractivity contribution in [1.29, 1.82) is 0 Å². The number of rotatable bonds is 9. The van der Waals surface area contributed by atoms with E-state index < -0.39 is 6.04 Å². The van der Waals surface area contributed by atoms with Gasteiger partial charge in [-0.25, -0.2) is 5.43 Å². The highest BCUT2D eigenvalue weighted by molar-refractivity contribution is 9.10. The number of nitrogens with zero attached hydrogens (tertiary/aromatic N) is 1. The van der Waals surface area contributed by atoms with Gasteiger partial charge in [0.05, 0.1) is 19.0 Å². The van der Waals surface area contributed by atoms with Crippen molar-refractivity contribution in [3.8, 4) is 11.5 Å². The number of para-hydroxylation sites is 3. The summed E-state index contributed by atoms with van der Waals surface area (Å²) in [6, 6.07) is 22.4. The molecule has 0 heterocycles. The summed E-state index contributed by atoms with van der Waals surface area (Å²) in [5, 5.41) is 7.22. The highest BCUT2D eigenvalue weighted by Gasteiger charge is 2.13. The number of hydrogen-bond acceptors (Lipinski definition) is 5. The highest BCUT2D eigenvalue weighted by atomic mass is 79.9. The molecule has 3 rings (SSSR count). The van der Waals surface area contributed by atoms with Crippen LogP contribution >= 0.6 is 15.9 Å². The molecule has 0 aliphatic rings. The van der Waals surface area contributed by atoms with Gasteiger partial charge < -0.3 is 14.8 Å². The molecular formula is C24H24BrN3O3. The van der Waals surface area contributed by atoms with Crippen LogP contribution in [-0.2, 0) is 11.4 Å². The van der Waals surface area contributed by atoms with Gasteiger partial charge >= 0.3 is 0 Å². The second kappa shape index (κ2) is 11.2. The zero-order valence-corrected chi connectivity index (χ0v) is 18.9. The largest absolute Gasteiger partial charge is 0.495 e. The standard InChI is InChI=1S/C24H24BrN3O3/c1-17(27-21-11-4-6-13-23(21)30-2)24(29)28-26-15-19-9-3-5-12-22(19)31-16-18-8-7-10-20(25)14-18/h3-15,17,27H,16H2,1-2H3,(H,28,29)/t17-/m0/s1. The predicted octanol–water partition coefficient (Wildman–Crippen LogP) is 4.99. The lowest BCUT2D eigenvalue weighted by Crippen LogP contribution is -2.35. The van der Waals surface area contributed by atoms with Crippen molar-refractivity contribution in [3.05, 3.63) is 88.4 Å². The fraction of sp³-hybridized carbons (Fsp3) is 0.167. The maximum Gasteiger partial charge on any atom is 0.262 e. The van der Waals surface area contributed by atoms with Gasteiger partial charge in [-0.1, -0.05) is 52.3 Å². The number of benzene rings is 3. The average Bonchev–Trinajstić information content (AvgIpc) is 2.78. The van der Waals surface area contributed by atoms with Crippen molar-refractivity contribution < 1.29 is 14.3 Å². The van der Waals surface area contributed by atoms with Gasteiger partial charge in [0.1, 0.15) is 24.1 Å². The molecule has 160 valence electrons. The number of hydrogen-bond donors (Lipinski definition) is 2. The molecule has 1 amide bonds. The van der Waals surface area contributed by atoms with Gasteiger partial charge in [0.15, 0.2) is 0 Å². The summed E-state index contributed by atoms with van der Waals surface area (Å²) >= 11 is 3.46. The maximum atomic E-state index is 12.4. The van der Waals surface area contributed by atoms with Crippen LogP contribution in [0.5, 0.6) is 11.5 Å². The van der Waals surface area contributed by atoms with Crippen molar-refractivity contribution in [2.75, 3.05) is 12.4 Å². The molecule has 0 bridgehead atoms. The second-order valence-electron chi connectivity index (χ2n) is 6.76. The lowest BCUT2D eigenvalue weighted by Gasteiger charge is -2.15. The zero-order valence-electron chi connectivity index (χ0n) is 17.3. The van der Waals surface area contributed by atoms with E-state index in [1.54, 1.807) is 20.2 Å². The van der Waals surface area contributed by atoms with E-state index >= 15 is 0 Å². The Hall–Kier alpha value is -3.32. The molecule has 6 nitrogen and oxygen atoms in total. The summed E-state index contributed by atoms with van der Waals surface area (Å²) < 4.78 is 12.2. The first-order valence-electron chi connectivity index (χ1n) is 9.75. The van der Waals surface area contributed by atoms with Crippen LogP contribution in [0.15, 0.2) is 82.4 Å². The molecule has 0 aliphatic carbocycles. The van der Waals surface area contributed by atoms with Crippen LogP contribution in [0.25, 0.3) is 0 Å². The van der Waals surface area contributed by atoms with Gasteiger partial charge in [0, 0.05) is 10.0 Å². The predicted molar refractivity (Wildman–Crippen MR) is 127 cm³/mol. The van der Waals surface area contributed by atoms with E-state index in [0.717, 1.165) is 21.3 Å². The minimum absolute atomic E-state index is 0.269. The molecule has 31 heavy (non-hydrogen) atoms. The lowest BCUT2D eigenvalue weighted by molar-refractivity contribution is -0.121. The summed E-state index contributed by atoms with van der Waals surface area (Å²) in [6.45, 7) is 2.18. The Morgan fingerprint density at radius 2 is 1.81 bits per heavy atom. The number of ether oxygens (including phenoxy) is 2. The lowest BCUT2D eigenvalue weighted by atomic mass is 10.2. The average molecular weight is 482 g/mol. The summed E-state index contributed by atoms with van der Waals surface area (Å²) in [4.78, 5) is 12.4. The minimum atomic E-state index is -0.503. The Bertz CT molecular complexity index is 1060. The number of methoxy groups -OCH3 is 1. The molecule has 0 fully saturated rings. The quantitative estimate of drug-likeness (QED) is 0.333. The van der Waals surface area contributed by atoms with Crippen LogP contribution in [-0.4, -0.2) is 25.3 Å². The van der Waals surface area contributed by atoms with Crippen LogP contribution in [0, 0.1) is 0 Å². The molecular weight excluding hydrogens is 458 g/mol. The van der Waals surface area contributed by atoms with E-state index in [4.69, 9.17) is 9.47 Å². The molecule has 0 radical (unpaired) electrons. The fourth-order valence-electron chi connectivity index (χ4n) is 2.83. The van der Waals surface area contributed by atoms with Gasteiger partial charge in [-0.15, -0.1) is 0 Å². The normalized spacial score (nSPS) is 11.7. The SMILES string of the molecule is COc1ccccc1N[C@@H](C)C(=O)NN=Cc1ccccc1OCc1cccc(Br)c1. The number of anilines is 1.